The predicted octanol–water partition coefficient (Wildman–Crippen LogP) is 3.52. The van der Waals surface area contributed by atoms with Crippen molar-refractivity contribution in [3.05, 3.63) is 28.7 Å². The molecule has 0 aliphatic heterocycles. The number of rotatable bonds is 3. The van der Waals surface area contributed by atoms with Gasteiger partial charge in [0.15, 0.2) is 0 Å². The lowest BCUT2D eigenvalue weighted by Gasteiger charge is -2.31. The van der Waals surface area contributed by atoms with E-state index in [2.05, 4.69) is 15.9 Å². The lowest BCUT2D eigenvalue weighted by atomic mass is 9.85. The van der Waals surface area contributed by atoms with Crippen molar-refractivity contribution in [2.75, 3.05) is 6.61 Å². The smallest absolute Gasteiger partial charge is 0.120 e. The average molecular weight is 285 g/mol. The minimum atomic E-state index is -0.611. The summed E-state index contributed by atoms with van der Waals surface area (Å²) in [7, 11) is 0. The van der Waals surface area contributed by atoms with Crippen LogP contribution in [0, 0.1) is 0 Å². The van der Waals surface area contributed by atoms with Crippen LogP contribution in [0.25, 0.3) is 0 Å². The predicted molar refractivity (Wildman–Crippen MR) is 67.7 cm³/mol. The Kier molecular flexibility index (Phi) is 3.87. The van der Waals surface area contributed by atoms with E-state index >= 15 is 0 Å². The van der Waals surface area contributed by atoms with Gasteiger partial charge >= 0.3 is 0 Å². The van der Waals surface area contributed by atoms with Crippen LogP contribution >= 0.6 is 15.9 Å². The Labute approximate surface area is 105 Å². The van der Waals surface area contributed by atoms with Crippen LogP contribution in [0.5, 0.6) is 5.75 Å². The second kappa shape index (κ2) is 5.19. The average Bonchev–Trinajstić information content (AvgIpc) is 2.28. The summed E-state index contributed by atoms with van der Waals surface area (Å²) in [6.07, 6.45) is 5.18. The molecule has 1 aromatic carbocycles. The molecule has 1 aliphatic rings. The lowest BCUT2D eigenvalue weighted by Crippen LogP contribution is -2.37. The van der Waals surface area contributed by atoms with Crippen molar-refractivity contribution >= 4 is 15.9 Å². The monoisotopic (exact) mass is 284 g/mol. The molecule has 0 spiro atoms. The summed E-state index contributed by atoms with van der Waals surface area (Å²) in [6, 6.07) is 7.73. The molecule has 1 saturated carbocycles. The van der Waals surface area contributed by atoms with E-state index in [1.54, 1.807) is 0 Å². The number of halogens is 1. The zero-order valence-corrected chi connectivity index (χ0v) is 10.9. The maximum atomic E-state index is 10.3. The summed E-state index contributed by atoms with van der Waals surface area (Å²) < 4.78 is 6.65. The van der Waals surface area contributed by atoms with Crippen LogP contribution in [0.15, 0.2) is 28.7 Å². The molecule has 2 nitrogen and oxygen atoms in total. The Bertz CT molecular complexity index is 346. The third kappa shape index (κ3) is 3.22. The van der Waals surface area contributed by atoms with Crippen molar-refractivity contribution in [3.8, 4) is 5.75 Å². The summed E-state index contributed by atoms with van der Waals surface area (Å²) in [5.41, 5.74) is -0.611. The van der Waals surface area contributed by atoms with Crippen molar-refractivity contribution < 1.29 is 9.84 Å². The first-order chi connectivity index (χ1) is 7.68. The minimum absolute atomic E-state index is 0.406. The number of benzene rings is 1. The summed E-state index contributed by atoms with van der Waals surface area (Å²) in [6.45, 7) is 0.406. The van der Waals surface area contributed by atoms with E-state index in [9.17, 15) is 5.11 Å². The van der Waals surface area contributed by atoms with Gasteiger partial charge in [0.1, 0.15) is 12.4 Å². The molecule has 1 aliphatic carbocycles. The Hall–Kier alpha value is -0.540. The first kappa shape index (κ1) is 11.9. The maximum absolute atomic E-state index is 10.3. The van der Waals surface area contributed by atoms with Crippen molar-refractivity contribution in [3.63, 3.8) is 0 Å². The first-order valence-corrected chi connectivity index (χ1v) is 6.58. The van der Waals surface area contributed by atoms with Gasteiger partial charge in [-0.1, -0.05) is 41.3 Å². The van der Waals surface area contributed by atoms with Gasteiger partial charge in [-0.05, 0) is 31.0 Å². The van der Waals surface area contributed by atoms with Gasteiger partial charge in [0.2, 0.25) is 0 Å². The van der Waals surface area contributed by atoms with E-state index < -0.39 is 5.60 Å². The second-order valence-corrected chi connectivity index (χ2v) is 5.45. The molecule has 1 aromatic rings. The number of hydrogen-bond donors (Lipinski definition) is 1. The molecular weight excluding hydrogens is 268 g/mol. The molecule has 3 heteroatoms. The van der Waals surface area contributed by atoms with Gasteiger partial charge < -0.3 is 9.84 Å². The largest absolute Gasteiger partial charge is 0.491 e. The van der Waals surface area contributed by atoms with Gasteiger partial charge in [-0.15, -0.1) is 0 Å². The van der Waals surface area contributed by atoms with Crippen molar-refractivity contribution in [1.82, 2.24) is 0 Å². The van der Waals surface area contributed by atoms with Crippen LogP contribution in [0.3, 0.4) is 0 Å². The van der Waals surface area contributed by atoms with Crippen LogP contribution in [-0.4, -0.2) is 17.3 Å². The zero-order chi connectivity index (χ0) is 11.4. The molecule has 0 amide bonds. The van der Waals surface area contributed by atoms with E-state index in [-0.39, 0.29) is 0 Å². The van der Waals surface area contributed by atoms with Crippen molar-refractivity contribution in [2.45, 2.75) is 37.7 Å². The molecule has 0 unspecified atom stereocenters. The minimum Gasteiger partial charge on any atom is -0.491 e. The highest BCUT2D eigenvalue weighted by atomic mass is 79.9. The molecule has 0 radical (unpaired) electrons. The Morgan fingerprint density at radius 2 is 2.00 bits per heavy atom. The van der Waals surface area contributed by atoms with Gasteiger partial charge in [-0.3, -0.25) is 0 Å². The Balaban J connectivity index is 1.91. The Morgan fingerprint density at radius 1 is 1.25 bits per heavy atom. The molecular formula is C13H17BrO2. The van der Waals surface area contributed by atoms with Crippen LogP contribution in [0.4, 0.5) is 0 Å². The van der Waals surface area contributed by atoms with Gasteiger partial charge in [-0.2, -0.15) is 0 Å². The Morgan fingerprint density at radius 3 is 2.69 bits per heavy atom. The highest BCUT2D eigenvalue weighted by Gasteiger charge is 2.29. The third-order valence-corrected chi connectivity index (χ3v) is 3.58. The summed E-state index contributed by atoms with van der Waals surface area (Å²) in [4.78, 5) is 0. The SMILES string of the molecule is OC1(COc2cccc(Br)c2)CCCCC1. The van der Waals surface area contributed by atoms with Crippen molar-refractivity contribution in [2.24, 2.45) is 0 Å². The normalized spacial score (nSPS) is 19.4. The molecule has 0 bridgehead atoms. The fourth-order valence-corrected chi connectivity index (χ4v) is 2.51. The summed E-state index contributed by atoms with van der Waals surface area (Å²) in [5, 5.41) is 10.3. The van der Waals surface area contributed by atoms with Gasteiger partial charge in [0.05, 0.1) is 5.60 Å². The van der Waals surface area contributed by atoms with Crippen LogP contribution < -0.4 is 4.74 Å². The first-order valence-electron chi connectivity index (χ1n) is 5.79. The lowest BCUT2D eigenvalue weighted by molar-refractivity contribution is -0.0339. The van der Waals surface area contributed by atoms with Gasteiger partial charge in [0, 0.05) is 4.47 Å². The summed E-state index contributed by atoms with van der Waals surface area (Å²) in [5.74, 6) is 0.813. The molecule has 2 rings (SSSR count). The zero-order valence-electron chi connectivity index (χ0n) is 9.29. The van der Waals surface area contributed by atoms with Crippen LogP contribution in [0.1, 0.15) is 32.1 Å². The molecule has 16 heavy (non-hydrogen) atoms. The van der Waals surface area contributed by atoms with E-state index in [1.807, 2.05) is 24.3 Å². The van der Waals surface area contributed by atoms with Crippen LogP contribution in [-0.2, 0) is 0 Å². The molecule has 1 N–H and O–H groups in total. The number of aliphatic hydroxyl groups is 1. The quantitative estimate of drug-likeness (QED) is 0.920. The topological polar surface area (TPSA) is 29.5 Å². The fraction of sp³-hybridized carbons (Fsp3) is 0.538. The van der Waals surface area contributed by atoms with Gasteiger partial charge in [-0.25, -0.2) is 0 Å². The highest BCUT2D eigenvalue weighted by molar-refractivity contribution is 9.10. The van der Waals surface area contributed by atoms with Gasteiger partial charge in [0.25, 0.3) is 0 Å². The van der Waals surface area contributed by atoms with Crippen LogP contribution in [0.2, 0.25) is 0 Å². The standard InChI is InChI=1S/C13H17BrO2/c14-11-5-4-6-12(9-11)16-10-13(15)7-2-1-3-8-13/h4-6,9,15H,1-3,7-8,10H2. The molecule has 0 aromatic heterocycles. The molecule has 88 valence electrons. The number of hydrogen-bond acceptors (Lipinski definition) is 2. The van der Waals surface area contributed by atoms with E-state index in [0.29, 0.717) is 6.61 Å². The van der Waals surface area contributed by atoms with Crippen molar-refractivity contribution in [1.29, 1.82) is 0 Å². The third-order valence-electron chi connectivity index (χ3n) is 3.09. The fourth-order valence-electron chi connectivity index (χ4n) is 2.13. The summed E-state index contributed by atoms with van der Waals surface area (Å²) >= 11 is 3.40. The number of ether oxygens (including phenoxy) is 1. The molecule has 0 saturated heterocycles. The van der Waals surface area contributed by atoms with E-state index in [0.717, 1.165) is 35.9 Å². The second-order valence-electron chi connectivity index (χ2n) is 4.53. The highest BCUT2D eigenvalue weighted by Crippen LogP contribution is 2.29. The maximum Gasteiger partial charge on any atom is 0.120 e. The molecule has 0 atom stereocenters. The van der Waals surface area contributed by atoms with E-state index in [4.69, 9.17) is 4.74 Å². The molecule has 1 fully saturated rings. The van der Waals surface area contributed by atoms with E-state index in [1.165, 1.54) is 6.42 Å². The molecule has 0 heterocycles.